The molecule has 0 spiro atoms. The second-order valence-corrected chi connectivity index (χ2v) is 9.92. The molecule has 8 heteroatoms. The van der Waals surface area contributed by atoms with Gasteiger partial charge in [-0.1, -0.05) is 35.3 Å². The van der Waals surface area contributed by atoms with Crippen molar-refractivity contribution in [3.63, 3.8) is 0 Å². The van der Waals surface area contributed by atoms with Gasteiger partial charge in [-0.05, 0) is 133 Å². The smallest absolute Gasteiger partial charge is 0.175 e. The molecule has 0 fully saturated rings. The molecule has 0 saturated carbocycles. The molecular formula is C28H24Cl2N4S2. The van der Waals surface area contributed by atoms with Crippen LogP contribution >= 0.6 is 47.6 Å². The van der Waals surface area contributed by atoms with Crippen LogP contribution in [0.4, 0.5) is 22.7 Å². The molecule has 182 valence electrons. The highest BCUT2D eigenvalue weighted by Crippen LogP contribution is 2.28. The van der Waals surface area contributed by atoms with Gasteiger partial charge >= 0.3 is 0 Å². The quantitative estimate of drug-likeness (QED) is 0.186. The molecule has 0 amide bonds. The number of hydrogen-bond acceptors (Lipinski definition) is 2. The van der Waals surface area contributed by atoms with E-state index in [1.54, 1.807) is 0 Å². The van der Waals surface area contributed by atoms with Gasteiger partial charge in [0.05, 0.1) is 0 Å². The van der Waals surface area contributed by atoms with E-state index in [1.807, 2.05) is 60.7 Å². The lowest BCUT2D eigenvalue weighted by Crippen LogP contribution is -2.19. The monoisotopic (exact) mass is 550 g/mol. The minimum Gasteiger partial charge on any atom is -0.332 e. The summed E-state index contributed by atoms with van der Waals surface area (Å²) in [6, 6.07) is 27.3. The van der Waals surface area contributed by atoms with Crippen LogP contribution in [0.15, 0.2) is 84.9 Å². The van der Waals surface area contributed by atoms with E-state index in [9.17, 15) is 0 Å². The van der Waals surface area contributed by atoms with Gasteiger partial charge in [-0.15, -0.1) is 0 Å². The molecule has 4 nitrogen and oxygen atoms in total. The number of halogens is 2. The molecule has 0 atom stereocenters. The fourth-order valence-corrected chi connectivity index (χ4v) is 4.31. The van der Waals surface area contributed by atoms with Crippen LogP contribution in [0.1, 0.15) is 11.1 Å². The fourth-order valence-electron chi connectivity index (χ4n) is 3.60. The van der Waals surface area contributed by atoms with Crippen molar-refractivity contribution < 1.29 is 0 Å². The van der Waals surface area contributed by atoms with E-state index in [-0.39, 0.29) is 0 Å². The second-order valence-electron chi connectivity index (χ2n) is 8.23. The van der Waals surface area contributed by atoms with E-state index in [4.69, 9.17) is 47.6 Å². The topological polar surface area (TPSA) is 48.1 Å². The molecule has 36 heavy (non-hydrogen) atoms. The Morgan fingerprint density at radius 2 is 0.889 bits per heavy atom. The molecule has 4 aromatic carbocycles. The fraction of sp³-hybridized carbons (Fsp3) is 0.0714. The van der Waals surface area contributed by atoms with Crippen LogP contribution in [0, 0.1) is 13.8 Å². The van der Waals surface area contributed by atoms with Crippen LogP contribution in [-0.2, 0) is 0 Å². The molecule has 4 N–H and O–H groups in total. The normalized spacial score (nSPS) is 10.4. The first-order valence-corrected chi connectivity index (χ1v) is 12.7. The largest absolute Gasteiger partial charge is 0.332 e. The number of hydrogen-bond donors (Lipinski definition) is 4. The zero-order chi connectivity index (χ0) is 25.7. The molecule has 0 aromatic heterocycles. The summed E-state index contributed by atoms with van der Waals surface area (Å²) in [7, 11) is 0. The molecule has 0 radical (unpaired) electrons. The Kier molecular flexibility index (Phi) is 8.44. The summed E-state index contributed by atoms with van der Waals surface area (Å²) in [5.41, 5.74) is 8.04. The van der Waals surface area contributed by atoms with E-state index in [2.05, 4.69) is 59.4 Å². The summed E-state index contributed by atoms with van der Waals surface area (Å²) < 4.78 is 0. The minimum atomic E-state index is 0.516. The van der Waals surface area contributed by atoms with Crippen LogP contribution in [0.3, 0.4) is 0 Å². The molecule has 0 bridgehead atoms. The zero-order valence-electron chi connectivity index (χ0n) is 19.7. The molecule has 0 aliphatic rings. The molecule has 4 aromatic rings. The van der Waals surface area contributed by atoms with Gasteiger partial charge in [-0.3, -0.25) is 0 Å². The van der Waals surface area contributed by atoms with Crippen molar-refractivity contribution in [2.75, 3.05) is 21.3 Å². The van der Waals surface area contributed by atoms with Gasteiger partial charge in [0.1, 0.15) is 0 Å². The third kappa shape index (κ3) is 6.95. The Labute approximate surface area is 232 Å². The zero-order valence-corrected chi connectivity index (χ0v) is 22.8. The molecule has 0 unspecified atom stereocenters. The number of benzene rings is 4. The average Bonchev–Trinajstić information content (AvgIpc) is 2.84. The van der Waals surface area contributed by atoms with Crippen molar-refractivity contribution in [1.29, 1.82) is 0 Å². The summed E-state index contributed by atoms with van der Waals surface area (Å²) in [4.78, 5) is 0. The lowest BCUT2D eigenvalue weighted by molar-refractivity contribution is 1.42. The van der Waals surface area contributed by atoms with E-state index >= 15 is 0 Å². The van der Waals surface area contributed by atoms with Crippen LogP contribution in [-0.4, -0.2) is 10.2 Å². The lowest BCUT2D eigenvalue weighted by Gasteiger charge is -2.15. The first-order valence-electron chi connectivity index (χ1n) is 11.2. The minimum absolute atomic E-state index is 0.516. The molecule has 0 heterocycles. The van der Waals surface area contributed by atoms with Gasteiger partial charge in [0.2, 0.25) is 0 Å². The number of aryl methyl sites for hydroxylation is 2. The molecular weight excluding hydrogens is 527 g/mol. The molecule has 0 saturated heterocycles. The van der Waals surface area contributed by atoms with Crippen molar-refractivity contribution in [3.8, 4) is 11.1 Å². The number of nitrogens with one attached hydrogen (secondary N) is 4. The lowest BCUT2D eigenvalue weighted by atomic mass is 10.00. The van der Waals surface area contributed by atoms with Crippen molar-refractivity contribution in [3.05, 3.63) is 106 Å². The van der Waals surface area contributed by atoms with Crippen LogP contribution in [0.2, 0.25) is 10.0 Å². The van der Waals surface area contributed by atoms with E-state index in [0.29, 0.717) is 20.3 Å². The van der Waals surface area contributed by atoms with Crippen LogP contribution in [0.5, 0.6) is 0 Å². The first-order chi connectivity index (χ1) is 17.3. The van der Waals surface area contributed by atoms with Gasteiger partial charge in [0.25, 0.3) is 0 Å². The number of anilines is 4. The number of rotatable bonds is 5. The van der Waals surface area contributed by atoms with Crippen LogP contribution < -0.4 is 21.3 Å². The van der Waals surface area contributed by atoms with Crippen molar-refractivity contribution in [2.24, 2.45) is 0 Å². The van der Waals surface area contributed by atoms with Crippen molar-refractivity contribution in [1.82, 2.24) is 0 Å². The Balaban J connectivity index is 1.40. The third-order valence-electron chi connectivity index (χ3n) is 5.49. The van der Waals surface area contributed by atoms with Crippen molar-refractivity contribution >= 4 is 80.6 Å². The van der Waals surface area contributed by atoms with Gasteiger partial charge in [0, 0.05) is 32.8 Å². The summed E-state index contributed by atoms with van der Waals surface area (Å²) in [6.45, 7) is 4.11. The van der Waals surface area contributed by atoms with Crippen molar-refractivity contribution in [2.45, 2.75) is 13.8 Å². The van der Waals surface area contributed by atoms with Crippen LogP contribution in [0.25, 0.3) is 11.1 Å². The molecule has 0 aliphatic carbocycles. The molecule has 4 rings (SSSR count). The second kappa shape index (κ2) is 11.7. The Morgan fingerprint density at radius 3 is 1.22 bits per heavy atom. The van der Waals surface area contributed by atoms with E-state index in [0.717, 1.165) is 45.0 Å². The van der Waals surface area contributed by atoms with Gasteiger partial charge in [-0.2, -0.15) is 0 Å². The first kappa shape index (κ1) is 25.9. The summed E-state index contributed by atoms with van der Waals surface area (Å²) in [5, 5.41) is 15.3. The maximum atomic E-state index is 5.95. The number of thiocarbonyl (C=S) groups is 2. The van der Waals surface area contributed by atoms with E-state index in [1.165, 1.54) is 0 Å². The predicted octanol–water partition coefficient (Wildman–Crippen LogP) is 8.90. The average molecular weight is 552 g/mol. The standard InChI is InChI=1S/C28H24Cl2N4S2/c1-17-15-19(3-13-25(17)33-27(35)31-23-9-5-21(29)6-10-23)20-4-14-26(18(2)16-20)34-28(36)32-24-11-7-22(30)8-12-24/h3-16H,1-2H3,(H2,31,33,35)(H2,32,34,36). The Hall–Kier alpha value is -3.16. The van der Waals surface area contributed by atoms with E-state index < -0.39 is 0 Å². The highest BCUT2D eigenvalue weighted by molar-refractivity contribution is 7.81. The predicted molar refractivity (Wildman–Crippen MR) is 164 cm³/mol. The Morgan fingerprint density at radius 1 is 0.528 bits per heavy atom. The van der Waals surface area contributed by atoms with Gasteiger partial charge < -0.3 is 21.3 Å². The summed E-state index contributed by atoms with van der Waals surface area (Å²) >= 11 is 22.8. The maximum absolute atomic E-state index is 5.95. The highest BCUT2D eigenvalue weighted by Gasteiger charge is 2.08. The third-order valence-corrected chi connectivity index (χ3v) is 6.40. The van der Waals surface area contributed by atoms with Gasteiger partial charge in [0.15, 0.2) is 10.2 Å². The summed E-state index contributed by atoms with van der Waals surface area (Å²) in [6.07, 6.45) is 0. The van der Waals surface area contributed by atoms with Gasteiger partial charge in [-0.25, -0.2) is 0 Å². The molecule has 0 aliphatic heterocycles. The highest BCUT2D eigenvalue weighted by atomic mass is 35.5. The Bertz CT molecular complexity index is 1300. The SMILES string of the molecule is Cc1cc(-c2ccc(NC(=S)Nc3ccc(Cl)cc3)c(C)c2)ccc1NC(=S)Nc1ccc(Cl)cc1. The summed E-state index contributed by atoms with van der Waals surface area (Å²) in [5.74, 6) is 0. The maximum Gasteiger partial charge on any atom is 0.175 e.